The molecule has 1 N–H and O–H groups in total. The number of pyridine rings is 1. The summed E-state index contributed by atoms with van der Waals surface area (Å²) in [6, 6.07) is 9.43. The average molecular weight is 337 g/mol. The normalized spacial score (nSPS) is 12.3. The van der Waals surface area contributed by atoms with Crippen LogP contribution in [0.3, 0.4) is 0 Å². The Balaban J connectivity index is 2.09. The molecule has 2 rings (SSSR count). The molecule has 2 aromatic rings. The second-order valence-corrected chi connectivity index (χ2v) is 5.68. The number of nitrogens with zero attached hydrogens (tertiary/aromatic N) is 1. The molecule has 0 amide bonds. The van der Waals surface area contributed by atoms with E-state index in [1.54, 1.807) is 6.20 Å². The van der Waals surface area contributed by atoms with E-state index >= 15 is 0 Å². The Labute approximate surface area is 127 Å². The maximum Gasteiger partial charge on any atom is 0.127 e. The summed E-state index contributed by atoms with van der Waals surface area (Å²) in [6.45, 7) is 2.93. The lowest BCUT2D eigenvalue weighted by molar-refractivity contribution is 0.505. The molecule has 1 heterocycles. The summed E-state index contributed by atoms with van der Waals surface area (Å²) in [6.07, 6.45) is 5.14. The highest BCUT2D eigenvalue weighted by atomic mass is 79.9. The highest BCUT2D eigenvalue weighted by molar-refractivity contribution is 9.10. The van der Waals surface area contributed by atoms with Crippen LogP contribution >= 0.6 is 15.9 Å². The van der Waals surface area contributed by atoms with Crippen LogP contribution in [0.4, 0.5) is 4.39 Å². The van der Waals surface area contributed by atoms with Gasteiger partial charge in [-0.05, 0) is 48.7 Å². The third kappa shape index (κ3) is 4.39. The maximum absolute atomic E-state index is 13.9. The van der Waals surface area contributed by atoms with E-state index < -0.39 is 0 Å². The molecule has 0 aliphatic rings. The van der Waals surface area contributed by atoms with Crippen molar-refractivity contribution in [3.63, 3.8) is 0 Å². The Morgan fingerprint density at radius 2 is 2.15 bits per heavy atom. The Hall–Kier alpha value is -1.26. The van der Waals surface area contributed by atoms with Gasteiger partial charge in [-0.25, -0.2) is 4.39 Å². The zero-order valence-corrected chi connectivity index (χ0v) is 13.0. The van der Waals surface area contributed by atoms with Crippen LogP contribution in [0.25, 0.3) is 0 Å². The minimum Gasteiger partial charge on any atom is -0.314 e. The molecule has 106 valence electrons. The van der Waals surface area contributed by atoms with Crippen LogP contribution in [0, 0.1) is 5.82 Å². The number of benzene rings is 1. The van der Waals surface area contributed by atoms with Gasteiger partial charge in [0, 0.05) is 22.9 Å². The van der Waals surface area contributed by atoms with Gasteiger partial charge in [0.15, 0.2) is 0 Å². The van der Waals surface area contributed by atoms with Crippen LogP contribution in [0.15, 0.2) is 47.2 Å². The first kappa shape index (κ1) is 15.1. The first-order valence-electron chi connectivity index (χ1n) is 6.75. The molecule has 1 aromatic heterocycles. The fourth-order valence-electron chi connectivity index (χ4n) is 2.26. The summed E-state index contributed by atoms with van der Waals surface area (Å²) in [5.74, 6) is -0.159. The molecule has 0 bridgehead atoms. The Bertz CT molecular complexity index is 545. The lowest BCUT2D eigenvalue weighted by Gasteiger charge is -2.18. The minimum atomic E-state index is -0.159. The van der Waals surface area contributed by atoms with Gasteiger partial charge in [0.05, 0.1) is 0 Å². The van der Waals surface area contributed by atoms with E-state index in [-0.39, 0.29) is 11.9 Å². The topological polar surface area (TPSA) is 24.9 Å². The van der Waals surface area contributed by atoms with Crippen LogP contribution in [0.2, 0.25) is 0 Å². The number of rotatable bonds is 6. The number of aromatic nitrogens is 1. The van der Waals surface area contributed by atoms with E-state index in [4.69, 9.17) is 0 Å². The number of halogens is 2. The molecule has 4 heteroatoms. The fraction of sp³-hybridized carbons (Fsp3) is 0.312. The number of nitrogens with one attached hydrogen (secondary N) is 1. The molecule has 0 aliphatic carbocycles. The van der Waals surface area contributed by atoms with Crippen molar-refractivity contribution in [2.75, 3.05) is 6.54 Å². The van der Waals surface area contributed by atoms with E-state index in [1.165, 1.54) is 6.07 Å². The molecule has 1 aromatic carbocycles. The lowest BCUT2D eigenvalue weighted by atomic mass is 9.99. The largest absolute Gasteiger partial charge is 0.314 e. The second kappa shape index (κ2) is 7.50. The predicted octanol–water partition coefficient (Wildman–Crippen LogP) is 3.75. The average Bonchev–Trinajstić information content (AvgIpc) is 2.43. The summed E-state index contributed by atoms with van der Waals surface area (Å²) in [7, 11) is 0. The maximum atomic E-state index is 13.9. The summed E-state index contributed by atoms with van der Waals surface area (Å²) < 4.78 is 14.7. The Morgan fingerprint density at radius 3 is 2.80 bits per heavy atom. The number of likely N-dealkylation sites (N-methyl/N-ethyl adjacent to an activating group) is 1. The number of hydrogen-bond acceptors (Lipinski definition) is 2. The van der Waals surface area contributed by atoms with Gasteiger partial charge >= 0.3 is 0 Å². The molecular formula is C16H18BrFN2. The van der Waals surface area contributed by atoms with Gasteiger partial charge in [-0.1, -0.05) is 35.0 Å². The van der Waals surface area contributed by atoms with E-state index in [9.17, 15) is 4.39 Å². The first-order chi connectivity index (χ1) is 9.69. The van der Waals surface area contributed by atoms with E-state index in [1.807, 2.05) is 24.4 Å². The molecular weight excluding hydrogens is 319 g/mol. The lowest BCUT2D eigenvalue weighted by Crippen LogP contribution is -2.33. The number of hydrogen-bond donors (Lipinski definition) is 1. The molecule has 0 saturated heterocycles. The van der Waals surface area contributed by atoms with Gasteiger partial charge in [0.2, 0.25) is 0 Å². The van der Waals surface area contributed by atoms with Crippen molar-refractivity contribution in [3.05, 3.63) is 64.1 Å². The van der Waals surface area contributed by atoms with Crippen LogP contribution < -0.4 is 5.32 Å². The zero-order valence-electron chi connectivity index (χ0n) is 11.4. The third-order valence-electron chi connectivity index (χ3n) is 3.18. The molecule has 0 fully saturated rings. The molecule has 0 radical (unpaired) electrons. The standard InChI is InChI=1S/C16H18BrFN2/c1-2-20-15(8-12-4-3-7-19-11-12)9-13-5-6-14(17)10-16(13)18/h3-7,10-11,15,20H,2,8-9H2,1H3. The summed E-state index contributed by atoms with van der Waals surface area (Å²) in [5, 5.41) is 3.42. The van der Waals surface area contributed by atoms with Crippen molar-refractivity contribution in [2.45, 2.75) is 25.8 Å². The van der Waals surface area contributed by atoms with Crippen molar-refractivity contribution in [2.24, 2.45) is 0 Å². The van der Waals surface area contributed by atoms with Gasteiger partial charge in [-0.3, -0.25) is 4.98 Å². The van der Waals surface area contributed by atoms with Gasteiger partial charge < -0.3 is 5.32 Å². The minimum absolute atomic E-state index is 0.159. The molecule has 20 heavy (non-hydrogen) atoms. The van der Waals surface area contributed by atoms with E-state index in [0.29, 0.717) is 6.42 Å². The zero-order chi connectivity index (χ0) is 14.4. The Kier molecular flexibility index (Phi) is 5.68. The summed E-state index contributed by atoms with van der Waals surface area (Å²) in [5.41, 5.74) is 1.90. The molecule has 2 nitrogen and oxygen atoms in total. The third-order valence-corrected chi connectivity index (χ3v) is 3.67. The first-order valence-corrected chi connectivity index (χ1v) is 7.54. The molecule has 0 spiro atoms. The van der Waals surface area contributed by atoms with Crippen molar-refractivity contribution < 1.29 is 4.39 Å². The SMILES string of the molecule is CCNC(Cc1cccnc1)Cc1ccc(Br)cc1F. The Morgan fingerprint density at radius 1 is 1.30 bits per heavy atom. The van der Waals surface area contributed by atoms with Gasteiger partial charge in [-0.2, -0.15) is 0 Å². The van der Waals surface area contributed by atoms with Gasteiger partial charge in [-0.15, -0.1) is 0 Å². The quantitative estimate of drug-likeness (QED) is 0.868. The van der Waals surface area contributed by atoms with Crippen molar-refractivity contribution in [3.8, 4) is 0 Å². The highest BCUT2D eigenvalue weighted by Crippen LogP contribution is 2.17. The van der Waals surface area contributed by atoms with Crippen molar-refractivity contribution >= 4 is 15.9 Å². The second-order valence-electron chi connectivity index (χ2n) is 4.76. The monoisotopic (exact) mass is 336 g/mol. The van der Waals surface area contributed by atoms with Crippen molar-refractivity contribution in [1.82, 2.24) is 10.3 Å². The van der Waals surface area contributed by atoms with E-state index in [2.05, 4.69) is 39.2 Å². The van der Waals surface area contributed by atoms with Crippen LogP contribution in [-0.4, -0.2) is 17.6 Å². The van der Waals surface area contributed by atoms with Crippen molar-refractivity contribution in [1.29, 1.82) is 0 Å². The fourth-order valence-corrected chi connectivity index (χ4v) is 2.59. The summed E-state index contributed by atoms with van der Waals surface area (Å²) in [4.78, 5) is 4.13. The van der Waals surface area contributed by atoms with Gasteiger partial charge in [0.1, 0.15) is 5.82 Å². The highest BCUT2D eigenvalue weighted by Gasteiger charge is 2.12. The molecule has 1 atom stereocenters. The smallest absolute Gasteiger partial charge is 0.127 e. The summed E-state index contributed by atoms with van der Waals surface area (Å²) >= 11 is 3.28. The molecule has 0 aliphatic heterocycles. The molecule has 1 unspecified atom stereocenters. The molecule has 0 saturated carbocycles. The van der Waals surface area contributed by atoms with E-state index in [0.717, 1.165) is 28.6 Å². The van der Waals surface area contributed by atoms with Crippen LogP contribution in [-0.2, 0) is 12.8 Å². The predicted molar refractivity (Wildman–Crippen MR) is 83.2 cm³/mol. The van der Waals surface area contributed by atoms with Gasteiger partial charge in [0.25, 0.3) is 0 Å². The van der Waals surface area contributed by atoms with Crippen LogP contribution in [0.1, 0.15) is 18.1 Å². The van der Waals surface area contributed by atoms with Crippen LogP contribution in [0.5, 0.6) is 0 Å².